The maximum absolute atomic E-state index is 9.89. The minimum atomic E-state index is -0.111. The molecular weight excluding hydrogens is 426 g/mol. The molecule has 0 saturated heterocycles. The van der Waals surface area contributed by atoms with E-state index in [-0.39, 0.29) is 5.41 Å². The fourth-order valence-corrected chi connectivity index (χ4v) is 5.58. The Kier molecular flexibility index (Phi) is 11.8. The molecule has 190 valence electrons. The Morgan fingerprint density at radius 2 is 1.34 bits per heavy atom. The lowest BCUT2D eigenvalue weighted by Gasteiger charge is -2.34. The van der Waals surface area contributed by atoms with Gasteiger partial charge in [-0.05, 0) is 56.1 Å². The second-order valence-electron chi connectivity index (χ2n) is 10.9. The van der Waals surface area contributed by atoms with Crippen LogP contribution in [0.5, 0.6) is 0 Å². The Morgan fingerprint density at radius 1 is 0.771 bits per heavy atom. The third-order valence-corrected chi connectivity index (χ3v) is 8.08. The molecule has 0 amide bonds. The van der Waals surface area contributed by atoms with Gasteiger partial charge in [0.25, 0.3) is 0 Å². The lowest BCUT2D eigenvalue weighted by Crippen LogP contribution is -2.26. The molecule has 3 heteroatoms. The zero-order valence-corrected chi connectivity index (χ0v) is 22.4. The topological polar surface area (TPSA) is 49.6 Å². The fourth-order valence-electron chi connectivity index (χ4n) is 5.58. The van der Waals surface area contributed by atoms with Gasteiger partial charge in [0, 0.05) is 23.9 Å². The van der Waals surface area contributed by atoms with Gasteiger partial charge in [0.1, 0.15) is 5.82 Å². The van der Waals surface area contributed by atoms with Crippen LogP contribution in [0.25, 0.3) is 11.1 Å². The quantitative estimate of drug-likeness (QED) is 0.242. The van der Waals surface area contributed by atoms with Crippen LogP contribution in [0.1, 0.15) is 134 Å². The highest BCUT2D eigenvalue weighted by molar-refractivity contribution is 5.61. The summed E-state index contributed by atoms with van der Waals surface area (Å²) in [5.74, 6) is 1.35. The van der Waals surface area contributed by atoms with Gasteiger partial charge < -0.3 is 0 Å². The van der Waals surface area contributed by atoms with Crippen molar-refractivity contribution in [3.05, 3.63) is 48.0 Å². The van der Waals surface area contributed by atoms with Crippen molar-refractivity contribution in [3.8, 4) is 17.2 Å². The lowest BCUT2D eigenvalue weighted by molar-refractivity contribution is 0.219. The molecule has 0 N–H and O–H groups in total. The summed E-state index contributed by atoms with van der Waals surface area (Å²) < 4.78 is 0. The second kappa shape index (κ2) is 15.0. The summed E-state index contributed by atoms with van der Waals surface area (Å²) in [6, 6.07) is 11.7. The zero-order chi connectivity index (χ0) is 24.8. The molecule has 1 aliphatic carbocycles. The third-order valence-electron chi connectivity index (χ3n) is 8.08. The number of unbranched alkanes of at least 4 members (excludes halogenated alkanes) is 9. The summed E-state index contributed by atoms with van der Waals surface area (Å²) >= 11 is 0. The van der Waals surface area contributed by atoms with Crippen molar-refractivity contribution in [2.75, 3.05) is 0 Å². The van der Waals surface area contributed by atoms with Crippen LogP contribution >= 0.6 is 0 Å². The standard InChI is InChI=1S/C32H47N3/c1-3-5-7-9-10-12-14-27-15-17-28(18-16-27)30-24-34-31(35-25-30)29-19-22-32(26-33,23-20-29)21-13-11-8-6-4-2/h15-18,24-25,29H,3-14,19-23H2,1-2H3/t29-,32-. The normalized spacial score (nSPS) is 20.0. The van der Waals surface area contributed by atoms with Crippen molar-refractivity contribution in [2.24, 2.45) is 5.41 Å². The highest BCUT2D eigenvalue weighted by Gasteiger charge is 2.36. The molecule has 1 fully saturated rings. The average molecular weight is 474 g/mol. The maximum atomic E-state index is 9.89. The van der Waals surface area contributed by atoms with Gasteiger partial charge in [0.15, 0.2) is 0 Å². The summed E-state index contributed by atoms with van der Waals surface area (Å²) in [6.45, 7) is 4.52. The summed E-state index contributed by atoms with van der Waals surface area (Å²) in [5, 5.41) is 9.89. The number of hydrogen-bond donors (Lipinski definition) is 0. The van der Waals surface area contributed by atoms with E-state index in [9.17, 15) is 5.26 Å². The predicted molar refractivity (Wildman–Crippen MR) is 147 cm³/mol. The van der Waals surface area contributed by atoms with Crippen molar-refractivity contribution >= 4 is 0 Å². The first-order valence-electron chi connectivity index (χ1n) is 14.5. The van der Waals surface area contributed by atoms with E-state index in [0.717, 1.165) is 43.5 Å². The van der Waals surface area contributed by atoms with Gasteiger partial charge in [-0.1, -0.05) is 102 Å². The first-order chi connectivity index (χ1) is 17.2. The van der Waals surface area contributed by atoms with E-state index in [1.165, 1.54) is 88.2 Å². The third kappa shape index (κ3) is 8.75. The number of rotatable bonds is 15. The molecule has 1 aromatic carbocycles. The van der Waals surface area contributed by atoms with Gasteiger partial charge in [-0.15, -0.1) is 0 Å². The number of aryl methyl sites for hydroxylation is 1. The Labute approximate surface area is 214 Å². The molecule has 2 aromatic rings. The fraction of sp³-hybridized carbons (Fsp3) is 0.656. The molecule has 1 heterocycles. The largest absolute Gasteiger partial charge is 0.240 e. The summed E-state index contributed by atoms with van der Waals surface area (Å²) in [6.07, 6.45) is 24.7. The first-order valence-corrected chi connectivity index (χ1v) is 14.5. The maximum Gasteiger partial charge on any atom is 0.131 e. The van der Waals surface area contributed by atoms with Crippen LogP contribution in [0, 0.1) is 16.7 Å². The predicted octanol–water partition coefficient (Wildman–Crippen LogP) is 9.57. The molecule has 1 aromatic heterocycles. The Hall–Kier alpha value is -2.21. The lowest BCUT2D eigenvalue weighted by atomic mass is 9.68. The number of aromatic nitrogens is 2. The summed E-state index contributed by atoms with van der Waals surface area (Å²) in [4.78, 5) is 9.52. The molecule has 0 bridgehead atoms. The summed E-state index contributed by atoms with van der Waals surface area (Å²) in [7, 11) is 0. The molecule has 1 aliphatic rings. The molecule has 3 nitrogen and oxygen atoms in total. The molecule has 0 radical (unpaired) electrons. The Bertz CT molecular complexity index is 871. The van der Waals surface area contributed by atoms with E-state index in [0.29, 0.717) is 5.92 Å². The van der Waals surface area contributed by atoms with Crippen molar-refractivity contribution in [1.29, 1.82) is 5.26 Å². The zero-order valence-electron chi connectivity index (χ0n) is 22.4. The van der Waals surface area contributed by atoms with Crippen LogP contribution in [-0.2, 0) is 6.42 Å². The van der Waals surface area contributed by atoms with Crippen LogP contribution in [0.3, 0.4) is 0 Å². The molecule has 0 atom stereocenters. The highest BCUT2D eigenvalue weighted by atomic mass is 14.9. The van der Waals surface area contributed by atoms with E-state index in [1.54, 1.807) is 0 Å². The van der Waals surface area contributed by atoms with Gasteiger partial charge in [0.05, 0.1) is 11.5 Å². The smallest absolute Gasteiger partial charge is 0.131 e. The molecule has 1 saturated carbocycles. The highest BCUT2D eigenvalue weighted by Crippen LogP contribution is 2.45. The molecule has 35 heavy (non-hydrogen) atoms. The van der Waals surface area contributed by atoms with E-state index in [1.807, 2.05) is 12.4 Å². The first kappa shape index (κ1) is 27.4. The molecule has 0 unspecified atom stereocenters. The number of benzene rings is 1. The molecule has 0 spiro atoms. The van der Waals surface area contributed by atoms with Crippen LogP contribution < -0.4 is 0 Å². The van der Waals surface area contributed by atoms with Crippen molar-refractivity contribution < 1.29 is 0 Å². The SMILES string of the molecule is CCCCCCCCc1ccc(-c2cnc([C@H]3CC[C@@](C#N)(CCCCCCC)CC3)nc2)cc1. The number of nitrogens with zero attached hydrogens (tertiary/aromatic N) is 3. The van der Waals surface area contributed by atoms with Gasteiger partial charge in [0.2, 0.25) is 0 Å². The Morgan fingerprint density at radius 3 is 1.94 bits per heavy atom. The van der Waals surface area contributed by atoms with E-state index in [4.69, 9.17) is 9.97 Å². The molecule has 3 rings (SSSR count). The molecular formula is C32H47N3. The average Bonchev–Trinajstić information content (AvgIpc) is 2.91. The second-order valence-corrected chi connectivity index (χ2v) is 10.9. The van der Waals surface area contributed by atoms with Crippen LogP contribution in [0.4, 0.5) is 0 Å². The molecule has 0 aliphatic heterocycles. The van der Waals surface area contributed by atoms with E-state index < -0.39 is 0 Å². The van der Waals surface area contributed by atoms with Crippen molar-refractivity contribution in [1.82, 2.24) is 9.97 Å². The van der Waals surface area contributed by atoms with Gasteiger partial charge in [-0.25, -0.2) is 9.97 Å². The summed E-state index contributed by atoms with van der Waals surface area (Å²) in [5.41, 5.74) is 3.60. The monoisotopic (exact) mass is 473 g/mol. The number of hydrogen-bond acceptors (Lipinski definition) is 3. The van der Waals surface area contributed by atoms with Gasteiger partial charge >= 0.3 is 0 Å². The van der Waals surface area contributed by atoms with E-state index in [2.05, 4.69) is 44.2 Å². The minimum absolute atomic E-state index is 0.111. The van der Waals surface area contributed by atoms with Crippen LogP contribution in [-0.4, -0.2) is 9.97 Å². The van der Waals surface area contributed by atoms with Crippen LogP contribution in [0.2, 0.25) is 0 Å². The Balaban J connectivity index is 1.45. The van der Waals surface area contributed by atoms with Crippen molar-refractivity contribution in [2.45, 2.75) is 129 Å². The van der Waals surface area contributed by atoms with Gasteiger partial charge in [-0.2, -0.15) is 5.26 Å². The van der Waals surface area contributed by atoms with E-state index >= 15 is 0 Å². The van der Waals surface area contributed by atoms with Crippen LogP contribution in [0.15, 0.2) is 36.7 Å². The number of nitriles is 1. The van der Waals surface area contributed by atoms with Crippen molar-refractivity contribution in [3.63, 3.8) is 0 Å². The van der Waals surface area contributed by atoms with Gasteiger partial charge in [-0.3, -0.25) is 0 Å². The minimum Gasteiger partial charge on any atom is -0.240 e.